The molecule has 2 unspecified atom stereocenters. The van der Waals surface area contributed by atoms with Gasteiger partial charge in [-0.15, -0.1) is 0 Å². The Labute approximate surface area is 105 Å². The van der Waals surface area contributed by atoms with Crippen LogP contribution in [0.25, 0.3) is 0 Å². The largest absolute Gasteiger partial charge is 0.376 e. The van der Waals surface area contributed by atoms with Gasteiger partial charge in [-0.25, -0.2) is 0 Å². The van der Waals surface area contributed by atoms with Crippen LogP contribution in [0.4, 0.5) is 11.4 Å². The van der Waals surface area contributed by atoms with Crippen molar-refractivity contribution in [3.63, 3.8) is 0 Å². The molecule has 0 aliphatic heterocycles. The fraction of sp³-hybridized carbons (Fsp3) is 0.462. The monoisotopic (exact) mass is 248 g/mol. The van der Waals surface area contributed by atoms with Gasteiger partial charge < -0.3 is 5.32 Å². The number of nitrogens with zero attached hydrogens (tertiary/aromatic N) is 1. The van der Waals surface area contributed by atoms with Crippen molar-refractivity contribution in [3.8, 4) is 0 Å². The number of nitro groups is 1. The lowest BCUT2D eigenvalue weighted by Gasteiger charge is -2.06. The van der Waals surface area contributed by atoms with Crippen LogP contribution in [0.2, 0.25) is 0 Å². The van der Waals surface area contributed by atoms with Crippen molar-refractivity contribution in [2.75, 3.05) is 5.32 Å². The zero-order valence-electron chi connectivity index (χ0n) is 10.3. The number of hydrogen-bond acceptors (Lipinski definition) is 4. The molecule has 1 aromatic rings. The Morgan fingerprint density at radius 2 is 2.33 bits per heavy atom. The number of rotatable bonds is 6. The first-order valence-corrected chi connectivity index (χ1v) is 6.16. The number of carbonyl (C=O) groups is 1. The van der Waals surface area contributed by atoms with E-state index in [0.717, 1.165) is 19.3 Å². The van der Waals surface area contributed by atoms with E-state index in [-0.39, 0.29) is 5.69 Å². The second kappa shape index (κ2) is 5.16. The summed E-state index contributed by atoms with van der Waals surface area (Å²) in [4.78, 5) is 21.1. The molecule has 0 spiro atoms. The summed E-state index contributed by atoms with van der Waals surface area (Å²) in [5.41, 5.74) is 0.809. The maximum Gasteiger partial charge on any atom is 0.293 e. The third-order valence-electron chi connectivity index (χ3n) is 3.28. The molecule has 0 bridgehead atoms. The maximum atomic E-state index is 10.9. The van der Waals surface area contributed by atoms with E-state index in [9.17, 15) is 14.9 Å². The third-order valence-corrected chi connectivity index (χ3v) is 3.28. The summed E-state index contributed by atoms with van der Waals surface area (Å²) >= 11 is 0. The number of carbonyl (C=O) groups excluding carboxylic acids is 1. The van der Waals surface area contributed by atoms with Crippen LogP contribution in [-0.4, -0.2) is 17.3 Å². The standard InChI is InChI=1S/C13H16N2O3/c1-2-3-10-7-12(10)14-11-5-4-9(8-16)6-13(11)15(17)18/h4-6,8,10,12,14H,2-3,7H2,1H3. The van der Waals surface area contributed by atoms with E-state index < -0.39 is 4.92 Å². The summed E-state index contributed by atoms with van der Waals surface area (Å²) < 4.78 is 0. The molecule has 2 atom stereocenters. The first-order valence-electron chi connectivity index (χ1n) is 6.16. The summed E-state index contributed by atoms with van der Waals surface area (Å²) in [6, 6.07) is 4.86. The number of benzene rings is 1. The molecule has 1 N–H and O–H groups in total. The Morgan fingerprint density at radius 3 is 2.94 bits per heavy atom. The predicted molar refractivity (Wildman–Crippen MR) is 68.9 cm³/mol. The summed E-state index contributed by atoms with van der Waals surface area (Å²) in [6.45, 7) is 2.14. The summed E-state index contributed by atoms with van der Waals surface area (Å²) in [5, 5.41) is 14.1. The number of nitro benzene ring substituents is 1. The van der Waals surface area contributed by atoms with E-state index in [0.29, 0.717) is 29.5 Å². The smallest absolute Gasteiger partial charge is 0.293 e. The normalized spacial score (nSPS) is 21.4. The molecule has 5 nitrogen and oxygen atoms in total. The molecule has 96 valence electrons. The lowest BCUT2D eigenvalue weighted by atomic mass is 10.2. The van der Waals surface area contributed by atoms with E-state index >= 15 is 0 Å². The highest BCUT2D eigenvalue weighted by Gasteiger charge is 2.37. The van der Waals surface area contributed by atoms with Gasteiger partial charge in [-0.2, -0.15) is 0 Å². The van der Waals surface area contributed by atoms with E-state index in [2.05, 4.69) is 12.2 Å². The molecule has 0 saturated heterocycles. The maximum absolute atomic E-state index is 10.9. The summed E-state index contributed by atoms with van der Waals surface area (Å²) in [5.74, 6) is 0.625. The molecular weight excluding hydrogens is 232 g/mol. The molecule has 0 heterocycles. The lowest BCUT2D eigenvalue weighted by molar-refractivity contribution is -0.384. The molecule has 0 radical (unpaired) electrons. The number of aldehydes is 1. The van der Waals surface area contributed by atoms with Crippen molar-refractivity contribution in [2.24, 2.45) is 5.92 Å². The van der Waals surface area contributed by atoms with Crippen LogP contribution < -0.4 is 5.32 Å². The number of anilines is 1. The van der Waals surface area contributed by atoms with Crippen molar-refractivity contribution in [2.45, 2.75) is 32.2 Å². The fourth-order valence-electron chi connectivity index (χ4n) is 2.21. The predicted octanol–water partition coefficient (Wildman–Crippen LogP) is 3.01. The summed E-state index contributed by atoms with van der Waals surface area (Å²) in [6.07, 6.45) is 3.97. The molecule has 5 heteroatoms. The van der Waals surface area contributed by atoms with Crippen molar-refractivity contribution < 1.29 is 9.72 Å². The second-order valence-electron chi connectivity index (χ2n) is 4.69. The Hall–Kier alpha value is -1.91. The Kier molecular flexibility index (Phi) is 3.60. The van der Waals surface area contributed by atoms with Gasteiger partial charge in [-0.3, -0.25) is 14.9 Å². The molecule has 1 aromatic carbocycles. The van der Waals surface area contributed by atoms with E-state index in [1.165, 1.54) is 6.07 Å². The van der Waals surface area contributed by atoms with E-state index in [1.807, 2.05) is 0 Å². The van der Waals surface area contributed by atoms with Gasteiger partial charge in [-0.1, -0.05) is 13.3 Å². The van der Waals surface area contributed by atoms with E-state index in [4.69, 9.17) is 0 Å². The first kappa shape index (κ1) is 12.5. The number of hydrogen-bond donors (Lipinski definition) is 1. The zero-order valence-corrected chi connectivity index (χ0v) is 10.3. The molecule has 1 aliphatic rings. The average molecular weight is 248 g/mol. The van der Waals surface area contributed by atoms with Gasteiger partial charge in [0.25, 0.3) is 5.69 Å². The molecular formula is C13H16N2O3. The van der Waals surface area contributed by atoms with Crippen LogP contribution in [0.5, 0.6) is 0 Å². The van der Waals surface area contributed by atoms with Crippen LogP contribution in [0.1, 0.15) is 36.5 Å². The minimum atomic E-state index is -0.452. The minimum absolute atomic E-state index is 0.0262. The second-order valence-corrected chi connectivity index (χ2v) is 4.69. The van der Waals surface area contributed by atoms with Gasteiger partial charge in [0, 0.05) is 17.7 Å². The quantitative estimate of drug-likeness (QED) is 0.477. The first-order chi connectivity index (χ1) is 8.65. The minimum Gasteiger partial charge on any atom is -0.376 e. The topological polar surface area (TPSA) is 72.2 Å². The van der Waals surface area contributed by atoms with Gasteiger partial charge in [0.05, 0.1) is 4.92 Å². The third kappa shape index (κ3) is 2.67. The van der Waals surface area contributed by atoms with E-state index in [1.54, 1.807) is 12.1 Å². The highest BCUT2D eigenvalue weighted by atomic mass is 16.6. The van der Waals surface area contributed by atoms with Crippen molar-refractivity contribution in [3.05, 3.63) is 33.9 Å². The molecule has 18 heavy (non-hydrogen) atoms. The van der Waals surface area contributed by atoms with Gasteiger partial charge >= 0.3 is 0 Å². The zero-order chi connectivity index (χ0) is 13.1. The molecule has 1 saturated carbocycles. The molecule has 1 aliphatic carbocycles. The Morgan fingerprint density at radius 1 is 1.56 bits per heavy atom. The van der Waals surface area contributed by atoms with Gasteiger partial charge in [0.2, 0.25) is 0 Å². The van der Waals surface area contributed by atoms with Crippen molar-refractivity contribution >= 4 is 17.7 Å². The molecule has 0 aromatic heterocycles. The van der Waals surface area contributed by atoms with Crippen molar-refractivity contribution in [1.82, 2.24) is 0 Å². The van der Waals surface area contributed by atoms with Gasteiger partial charge in [0.15, 0.2) is 0 Å². The van der Waals surface area contributed by atoms with Crippen LogP contribution in [0, 0.1) is 16.0 Å². The van der Waals surface area contributed by atoms with Gasteiger partial charge in [-0.05, 0) is 30.9 Å². The Balaban J connectivity index is 2.13. The average Bonchev–Trinajstić information content (AvgIpc) is 3.08. The molecule has 2 rings (SSSR count). The van der Waals surface area contributed by atoms with Crippen LogP contribution >= 0.6 is 0 Å². The number of nitrogens with one attached hydrogen (secondary N) is 1. The van der Waals surface area contributed by atoms with Gasteiger partial charge in [0.1, 0.15) is 12.0 Å². The highest BCUT2D eigenvalue weighted by molar-refractivity contribution is 5.79. The molecule has 0 amide bonds. The highest BCUT2D eigenvalue weighted by Crippen LogP contribution is 2.39. The fourth-order valence-corrected chi connectivity index (χ4v) is 2.21. The van der Waals surface area contributed by atoms with Crippen LogP contribution in [-0.2, 0) is 0 Å². The molecule has 1 fully saturated rings. The van der Waals surface area contributed by atoms with Crippen LogP contribution in [0.15, 0.2) is 18.2 Å². The lowest BCUT2D eigenvalue weighted by Crippen LogP contribution is -2.07. The SMILES string of the molecule is CCCC1CC1Nc1ccc(C=O)cc1[N+](=O)[O-]. The van der Waals surface area contributed by atoms with Crippen LogP contribution in [0.3, 0.4) is 0 Å². The summed E-state index contributed by atoms with van der Waals surface area (Å²) in [7, 11) is 0. The van der Waals surface area contributed by atoms with Crippen molar-refractivity contribution in [1.29, 1.82) is 0 Å². The Bertz CT molecular complexity index is 473.